The van der Waals surface area contributed by atoms with Crippen molar-refractivity contribution in [2.24, 2.45) is 0 Å². The van der Waals surface area contributed by atoms with Gasteiger partial charge in [0.1, 0.15) is 5.75 Å². The molecule has 6 rings (SSSR count). The first-order valence-corrected chi connectivity index (χ1v) is 10.8. The predicted molar refractivity (Wildman–Crippen MR) is 120 cm³/mol. The van der Waals surface area contributed by atoms with E-state index in [2.05, 4.69) is 45.9 Å². The Morgan fingerprint density at radius 2 is 1.84 bits per heavy atom. The van der Waals surface area contributed by atoms with Crippen molar-refractivity contribution in [1.29, 1.82) is 0 Å². The van der Waals surface area contributed by atoms with Crippen molar-refractivity contribution in [3.63, 3.8) is 0 Å². The number of carbonyl (C=O) groups is 1. The zero-order chi connectivity index (χ0) is 20.8. The monoisotopic (exact) mass is 409 g/mol. The van der Waals surface area contributed by atoms with Gasteiger partial charge in [-0.2, -0.15) is 0 Å². The Bertz CT molecular complexity index is 1280. The standard InChI is InChI=1S/C26H23N3O2/c30-26(28-13-10-19(16-28)29-14-12-27-17-29)24-9-3-5-20-21(6-2-7-22(20)24)23-8-1-4-18-11-15-31-25(18)23/h1-9,12,14,17,19H,10-11,13,15-16H2. The highest BCUT2D eigenvalue weighted by molar-refractivity contribution is 6.11. The summed E-state index contributed by atoms with van der Waals surface area (Å²) >= 11 is 0. The van der Waals surface area contributed by atoms with Crippen LogP contribution in [0.3, 0.4) is 0 Å². The van der Waals surface area contributed by atoms with Gasteiger partial charge in [0.05, 0.1) is 19.0 Å². The average Bonchev–Trinajstić information content (AvgIpc) is 3.58. The summed E-state index contributed by atoms with van der Waals surface area (Å²) in [5, 5.41) is 2.08. The molecule has 1 unspecified atom stereocenters. The normalized spacial score (nSPS) is 17.7. The molecule has 5 nitrogen and oxygen atoms in total. The number of fused-ring (bicyclic) bond motifs is 2. The van der Waals surface area contributed by atoms with Crippen LogP contribution in [0.4, 0.5) is 0 Å². The van der Waals surface area contributed by atoms with Gasteiger partial charge in [-0.3, -0.25) is 4.79 Å². The van der Waals surface area contributed by atoms with Crippen molar-refractivity contribution in [3.8, 4) is 16.9 Å². The summed E-state index contributed by atoms with van der Waals surface area (Å²) in [6, 6.07) is 18.9. The molecule has 0 N–H and O–H groups in total. The SMILES string of the molecule is O=C(c1cccc2c(-c3cccc4c3OCC4)cccc12)N1CCC(n2ccnc2)C1. The molecule has 0 bridgehead atoms. The number of rotatable bonds is 3. The summed E-state index contributed by atoms with van der Waals surface area (Å²) in [4.78, 5) is 19.6. The molecule has 1 atom stereocenters. The number of amides is 1. The van der Waals surface area contributed by atoms with Crippen LogP contribution < -0.4 is 4.74 Å². The first-order valence-electron chi connectivity index (χ1n) is 10.8. The van der Waals surface area contributed by atoms with Crippen LogP contribution in [0, 0.1) is 0 Å². The lowest BCUT2D eigenvalue weighted by atomic mass is 9.93. The van der Waals surface area contributed by atoms with Gasteiger partial charge in [0, 0.05) is 43.0 Å². The van der Waals surface area contributed by atoms with Crippen LogP contribution in [-0.2, 0) is 6.42 Å². The molecule has 5 heteroatoms. The molecule has 0 spiro atoms. The van der Waals surface area contributed by atoms with Crippen molar-refractivity contribution in [3.05, 3.63) is 84.4 Å². The summed E-state index contributed by atoms with van der Waals surface area (Å²) in [6.07, 6.45) is 7.50. The average molecular weight is 409 g/mol. The zero-order valence-electron chi connectivity index (χ0n) is 17.2. The van der Waals surface area contributed by atoms with Gasteiger partial charge in [-0.1, -0.05) is 48.5 Å². The Hall–Kier alpha value is -3.60. The molecule has 31 heavy (non-hydrogen) atoms. The van der Waals surface area contributed by atoms with Gasteiger partial charge in [0.2, 0.25) is 0 Å². The third-order valence-corrected chi connectivity index (χ3v) is 6.55. The van der Waals surface area contributed by atoms with Gasteiger partial charge < -0.3 is 14.2 Å². The van der Waals surface area contributed by atoms with E-state index >= 15 is 0 Å². The first kappa shape index (κ1) is 18.2. The van der Waals surface area contributed by atoms with E-state index in [4.69, 9.17) is 4.74 Å². The number of para-hydroxylation sites is 1. The Labute approximate surface area is 180 Å². The third kappa shape index (κ3) is 3.00. The van der Waals surface area contributed by atoms with Crippen molar-refractivity contribution < 1.29 is 9.53 Å². The molecule has 0 aliphatic carbocycles. The number of hydrogen-bond donors (Lipinski definition) is 0. The highest BCUT2D eigenvalue weighted by Gasteiger charge is 2.29. The molecular formula is C26H23N3O2. The van der Waals surface area contributed by atoms with E-state index in [1.807, 2.05) is 35.6 Å². The van der Waals surface area contributed by atoms with Gasteiger partial charge in [-0.25, -0.2) is 4.98 Å². The fourth-order valence-corrected chi connectivity index (χ4v) is 4.98. The van der Waals surface area contributed by atoms with Gasteiger partial charge in [-0.05, 0) is 34.4 Å². The Morgan fingerprint density at radius 1 is 1.00 bits per heavy atom. The minimum atomic E-state index is 0.0971. The molecular weight excluding hydrogens is 386 g/mol. The highest BCUT2D eigenvalue weighted by Crippen LogP contribution is 2.40. The second-order valence-corrected chi connectivity index (χ2v) is 8.30. The summed E-state index contributed by atoms with van der Waals surface area (Å²) in [5.41, 5.74) is 4.23. The van der Waals surface area contributed by atoms with Crippen LogP contribution in [0.2, 0.25) is 0 Å². The minimum absolute atomic E-state index is 0.0971. The number of carbonyl (C=O) groups excluding carboxylic acids is 1. The number of imidazole rings is 1. The largest absolute Gasteiger partial charge is 0.492 e. The van der Waals surface area contributed by atoms with Gasteiger partial charge in [-0.15, -0.1) is 0 Å². The summed E-state index contributed by atoms with van der Waals surface area (Å²) in [7, 11) is 0. The lowest BCUT2D eigenvalue weighted by molar-refractivity contribution is 0.0789. The molecule has 1 amide bonds. The van der Waals surface area contributed by atoms with E-state index in [0.29, 0.717) is 12.6 Å². The molecule has 3 heterocycles. The Balaban J connectivity index is 1.39. The fourth-order valence-electron chi connectivity index (χ4n) is 4.98. The molecule has 3 aromatic carbocycles. The second-order valence-electron chi connectivity index (χ2n) is 8.30. The number of likely N-dealkylation sites (tertiary alicyclic amines) is 1. The fraction of sp³-hybridized carbons (Fsp3) is 0.231. The quantitative estimate of drug-likeness (QED) is 0.492. The van der Waals surface area contributed by atoms with Gasteiger partial charge in [0.15, 0.2) is 0 Å². The summed E-state index contributed by atoms with van der Waals surface area (Å²) in [6.45, 7) is 2.21. The number of nitrogens with zero attached hydrogens (tertiary/aromatic N) is 3. The molecule has 1 saturated heterocycles. The van der Waals surface area contributed by atoms with Gasteiger partial charge >= 0.3 is 0 Å². The molecule has 2 aliphatic heterocycles. The maximum Gasteiger partial charge on any atom is 0.254 e. The van der Waals surface area contributed by atoms with Gasteiger partial charge in [0.25, 0.3) is 5.91 Å². The molecule has 4 aromatic rings. The highest BCUT2D eigenvalue weighted by atomic mass is 16.5. The van der Waals surface area contributed by atoms with Crippen molar-refractivity contribution in [2.45, 2.75) is 18.9 Å². The van der Waals surface area contributed by atoms with E-state index in [-0.39, 0.29) is 5.91 Å². The Morgan fingerprint density at radius 3 is 2.74 bits per heavy atom. The van der Waals surface area contributed by atoms with Crippen LogP contribution >= 0.6 is 0 Å². The van der Waals surface area contributed by atoms with Crippen LogP contribution in [0.15, 0.2) is 73.3 Å². The number of hydrogen-bond acceptors (Lipinski definition) is 3. The number of benzene rings is 3. The first-order chi connectivity index (χ1) is 15.3. The van der Waals surface area contributed by atoms with Crippen molar-refractivity contribution >= 4 is 16.7 Å². The molecule has 1 aromatic heterocycles. The smallest absolute Gasteiger partial charge is 0.254 e. The van der Waals surface area contributed by atoms with E-state index < -0.39 is 0 Å². The molecule has 0 radical (unpaired) electrons. The third-order valence-electron chi connectivity index (χ3n) is 6.55. The summed E-state index contributed by atoms with van der Waals surface area (Å²) in [5.74, 6) is 1.08. The molecule has 0 saturated carbocycles. The van der Waals surface area contributed by atoms with Crippen LogP contribution in [0.25, 0.3) is 21.9 Å². The van der Waals surface area contributed by atoms with Crippen LogP contribution in [0.5, 0.6) is 5.75 Å². The van der Waals surface area contributed by atoms with Crippen LogP contribution in [0.1, 0.15) is 28.4 Å². The van der Waals surface area contributed by atoms with Crippen molar-refractivity contribution in [2.75, 3.05) is 19.7 Å². The maximum atomic E-state index is 13.5. The van der Waals surface area contributed by atoms with Crippen LogP contribution in [-0.4, -0.2) is 40.1 Å². The van der Waals surface area contributed by atoms with E-state index in [0.717, 1.165) is 59.2 Å². The lowest BCUT2D eigenvalue weighted by Crippen LogP contribution is -2.29. The van der Waals surface area contributed by atoms with Crippen molar-refractivity contribution in [1.82, 2.24) is 14.5 Å². The van der Waals surface area contributed by atoms with E-state index in [1.54, 1.807) is 6.20 Å². The second kappa shape index (κ2) is 7.27. The number of ether oxygens (including phenoxy) is 1. The lowest BCUT2D eigenvalue weighted by Gasteiger charge is -2.19. The topological polar surface area (TPSA) is 47.4 Å². The number of aromatic nitrogens is 2. The predicted octanol–water partition coefficient (Wildman–Crippen LogP) is 4.73. The minimum Gasteiger partial charge on any atom is -0.492 e. The summed E-state index contributed by atoms with van der Waals surface area (Å²) < 4.78 is 8.06. The molecule has 154 valence electrons. The zero-order valence-corrected chi connectivity index (χ0v) is 17.2. The molecule has 2 aliphatic rings. The molecule has 1 fully saturated rings. The van der Waals surface area contributed by atoms with E-state index in [1.165, 1.54) is 5.56 Å². The van der Waals surface area contributed by atoms with E-state index in [9.17, 15) is 4.79 Å². The maximum absolute atomic E-state index is 13.5. The Kier molecular flexibility index (Phi) is 4.27.